The van der Waals surface area contributed by atoms with Crippen molar-refractivity contribution in [3.8, 4) is 0 Å². The highest BCUT2D eigenvalue weighted by Crippen LogP contribution is 2.42. The molecule has 0 saturated carbocycles. The predicted octanol–water partition coefficient (Wildman–Crippen LogP) is 1.97. The zero-order valence-corrected chi connectivity index (χ0v) is 14.2. The Balaban J connectivity index is 1.56. The van der Waals surface area contributed by atoms with Gasteiger partial charge >= 0.3 is 5.97 Å². The first-order chi connectivity index (χ1) is 12.0. The SMILES string of the molecule is Cc1cccc2[nH]cc(CC(=O)N3C[C@H]4COCC[C@@]4(C(=O)O)C3)c12. The standard InChI is InChI=1S/C19H22N2O4/c1-12-3-2-4-15-17(12)13(8-20-15)7-16(22)21-9-14-10-25-6-5-19(14,11-21)18(23)24/h2-4,8,14,20H,5-7,9-11H2,1H3,(H,23,24)/t14-,19+/m0/s1. The van der Waals surface area contributed by atoms with Crippen LogP contribution in [-0.2, 0) is 20.7 Å². The molecular formula is C19H22N2O4. The number of H-pyrrole nitrogens is 1. The quantitative estimate of drug-likeness (QED) is 0.893. The van der Waals surface area contributed by atoms with Crippen LogP contribution in [0.5, 0.6) is 0 Å². The van der Waals surface area contributed by atoms with Crippen molar-refractivity contribution < 1.29 is 19.4 Å². The number of nitrogens with zero attached hydrogens (tertiary/aromatic N) is 1. The molecule has 4 rings (SSSR count). The van der Waals surface area contributed by atoms with Gasteiger partial charge in [-0.3, -0.25) is 9.59 Å². The Morgan fingerprint density at radius 1 is 1.44 bits per heavy atom. The number of fused-ring (bicyclic) bond motifs is 2. The molecule has 2 N–H and O–H groups in total. The van der Waals surface area contributed by atoms with Crippen LogP contribution in [0.3, 0.4) is 0 Å². The Morgan fingerprint density at radius 2 is 2.28 bits per heavy atom. The molecule has 1 aromatic carbocycles. The van der Waals surface area contributed by atoms with E-state index in [0.717, 1.165) is 22.0 Å². The van der Waals surface area contributed by atoms with Gasteiger partial charge in [-0.15, -0.1) is 0 Å². The number of benzene rings is 1. The van der Waals surface area contributed by atoms with Crippen LogP contribution in [0.4, 0.5) is 0 Å². The summed E-state index contributed by atoms with van der Waals surface area (Å²) in [6.45, 7) is 3.66. The monoisotopic (exact) mass is 342 g/mol. The van der Waals surface area contributed by atoms with Gasteiger partial charge in [-0.25, -0.2) is 0 Å². The van der Waals surface area contributed by atoms with Crippen LogP contribution in [0, 0.1) is 18.3 Å². The van der Waals surface area contributed by atoms with E-state index in [1.165, 1.54) is 0 Å². The Kier molecular flexibility index (Phi) is 3.80. The normalized spacial score (nSPS) is 26.0. The summed E-state index contributed by atoms with van der Waals surface area (Å²) in [6.07, 6.45) is 2.64. The molecule has 132 valence electrons. The third-order valence-electron chi connectivity index (χ3n) is 5.82. The number of amides is 1. The topological polar surface area (TPSA) is 82.6 Å². The number of aromatic amines is 1. The molecule has 2 saturated heterocycles. The smallest absolute Gasteiger partial charge is 0.311 e. The molecule has 2 aliphatic rings. The molecule has 0 bridgehead atoms. The first-order valence-corrected chi connectivity index (χ1v) is 8.66. The van der Waals surface area contributed by atoms with E-state index in [1.807, 2.05) is 31.3 Å². The van der Waals surface area contributed by atoms with Crippen LogP contribution in [0.2, 0.25) is 0 Å². The van der Waals surface area contributed by atoms with Crippen LogP contribution in [0.15, 0.2) is 24.4 Å². The molecule has 2 aromatic rings. The molecule has 0 aliphatic carbocycles. The van der Waals surface area contributed by atoms with Gasteiger partial charge in [0.1, 0.15) is 0 Å². The lowest BCUT2D eigenvalue weighted by atomic mass is 9.74. The largest absolute Gasteiger partial charge is 0.481 e. The number of ether oxygens (including phenoxy) is 1. The number of carbonyl (C=O) groups excluding carboxylic acids is 1. The van der Waals surface area contributed by atoms with Crippen LogP contribution < -0.4 is 0 Å². The summed E-state index contributed by atoms with van der Waals surface area (Å²) >= 11 is 0. The average Bonchev–Trinajstić information content (AvgIpc) is 3.18. The third-order valence-corrected chi connectivity index (χ3v) is 5.82. The minimum absolute atomic E-state index is 0.0146. The molecule has 0 spiro atoms. The number of carboxylic acid groups (broad SMARTS) is 1. The number of hydrogen-bond acceptors (Lipinski definition) is 3. The third kappa shape index (κ3) is 2.52. The van der Waals surface area contributed by atoms with Crippen LogP contribution >= 0.6 is 0 Å². The zero-order valence-electron chi connectivity index (χ0n) is 14.2. The second kappa shape index (κ2) is 5.88. The summed E-state index contributed by atoms with van der Waals surface area (Å²) in [5.74, 6) is -0.939. The number of aliphatic carboxylic acids is 1. The van der Waals surface area contributed by atoms with E-state index in [4.69, 9.17) is 4.74 Å². The highest BCUT2D eigenvalue weighted by atomic mass is 16.5. The van der Waals surface area contributed by atoms with Gasteiger partial charge in [0.15, 0.2) is 0 Å². The minimum Gasteiger partial charge on any atom is -0.481 e. The van der Waals surface area contributed by atoms with Crippen LogP contribution in [-0.4, -0.2) is 53.2 Å². The highest BCUT2D eigenvalue weighted by molar-refractivity contribution is 5.91. The van der Waals surface area contributed by atoms with Crippen molar-refractivity contribution in [2.24, 2.45) is 11.3 Å². The van der Waals surface area contributed by atoms with E-state index in [1.54, 1.807) is 4.90 Å². The fraction of sp³-hybridized carbons (Fsp3) is 0.474. The van der Waals surface area contributed by atoms with E-state index in [0.29, 0.717) is 26.2 Å². The zero-order chi connectivity index (χ0) is 17.6. The second-order valence-electron chi connectivity index (χ2n) is 7.25. The first-order valence-electron chi connectivity index (χ1n) is 8.66. The van der Waals surface area contributed by atoms with Gasteiger partial charge in [0.05, 0.1) is 18.4 Å². The predicted molar refractivity (Wildman–Crippen MR) is 92.3 cm³/mol. The fourth-order valence-corrected chi connectivity index (χ4v) is 4.35. The molecule has 6 heteroatoms. The lowest BCUT2D eigenvalue weighted by Crippen LogP contribution is -2.45. The number of carbonyl (C=O) groups is 2. The van der Waals surface area contributed by atoms with E-state index >= 15 is 0 Å². The molecule has 2 aliphatic heterocycles. The number of aryl methyl sites for hydroxylation is 1. The van der Waals surface area contributed by atoms with Gasteiger partial charge in [0.25, 0.3) is 0 Å². The highest BCUT2D eigenvalue weighted by Gasteiger charge is 2.54. The van der Waals surface area contributed by atoms with Crippen molar-refractivity contribution in [2.75, 3.05) is 26.3 Å². The molecule has 3 heterocycles. The molecule has 0 radical (unpaired) electrons. The van der Waals surface area contributed by atoms with Crippen molar-refractivity contribution >= 4 is 22.8 Å². The van der Waals surface area contributed by atoms with Gasteiger partial charge in [0.2, 0.25) is 5.91 Å². The van der Waals surface area contributed by atoms with Crippen molar-refractivity contribution in [3.63, 3.8) is 0 Å². The van der Waals surface area contributed by atoms with Crippen LogP contribution in [0.1, 0.15) is 17.5 Å². The van der Waals surface area contributed by atoms with Crippen molar-refractivity contribution in [3.05, 3.63) is 35.5 Å². The fourth-order valence-electron chi connectivity index (χ4n) is 4.35. The maximum Gasteiger partial charge on any atom is 0.311 e. The van der Waals surface area contributed by atoms with Gasteiger partial charge in [0, 0.05) is 42.7 Å². The Morgan fingerprint density at radius 3 is 3.04 bits per heavy atom. The first kappa shape index (κ1) is 16.1. The Hall–Kier alpha value is -2.34. The summed E-state index contributed by atoms with van der Waals surface area (Å²) in [5, 5.41) is 10.8. The number of aromatic nitrogens is 1. The van der Waals surface area contributed by atoms with E-state index in [2.05, 4.69) is 4.98 Å². The molecule has 1 amide bonds. The molecule has 0 unspecified atom stereocenters. The molecule has 1 aromatic heterocycles. The summed E-state index contributed by atoms with van der Waals surface area (Å²) in [4.78, 5) is 29.6. The van der Waals surface area contributed by atoms with E-state index < -0.39 is 11.4 Å². The minimum atomic E-state index is -0.843. The van der Waals surface area contributed by atoms with Gasteiger partial charge in [-0.2, -0.15) is 0 Å². The molecular weight excluding hydrogens is 320 g/mol. The summed E-state index contributed by atoms with van der Waals surface area (Å²) in [5.41, 5.74) is 2.28. The number of nitrogens with one attached hydrogen (secondary N) is 1. The number of likely N-dealkylation sites (tertiary alicyclic amines) is 1. The summed E-state index contributed by atoms with van der Waals surface area (Å²) < 4.78 is 5.46. The van der Waals surface area contributed by atoms with Gasteiger partial charge < -0.3 is 19.7 Å². The van der Waals surface area contributed by atoms with Gasteiger partial charge in [-0.05, 0) is 30.5 Å². The molecule has 25 heavy (non-hydrogen) atoms. The van der Waals surface area contributed by atoms with Gasteiger partial charge in [-0.1, -0.05) is 12.1 Å². The van der Waals surface area contributed by atoms with Crippen molar-refractivity contribution in [2.45, 2.75) is 19.8 Å². The lowest BCUT2D eigenvalue weighted by molar-refractivity contribution is -0.157. The van der Waals surface area contributed by atoms with E-state index in [-0.39, 0.29) is 24.8 Å². The maximum atomic E-state index is 12.9. The lowest BCUT2D eigenvalue weighted by Gasteiger charge is -2.33. The maximum absolute atomic E-state index is 12.9. The van der Waals surface area contributed by atoms with E-state index in [9.17, 15) is 14.7 Å². The van der Waals surface area contributed by atoms with Crippen LogP contribution in [0.25, 0.3) is 10.9 Å². The number of rotatable bonds is 3. The second-order valence-corrected chi connectivity index (χ2v) is 7.25. The Bertz CT molecular complexity index is 843. The summed E-state index contributed by atoms with van der Waals surface area (Å²) in [6, 6.07) is 6.02. The number of hydrogen-bond donors (Lipinski definition) is 2. The van der Waals surface area contributed by atoms with Crippen molar-refractivity contribution in [1.82, 2.24) is 9.88 Å². The van der Waals surface area contributed by atoms with Crippen molar-refractivity contribution in [1.29, 1.82) is 0 Å². The Labute approximate surface area is 145 Å². The molecule has 2 atom stereocenters. The average molecular weight is 342 g/mol. The molecule has 6 nitrogen and oxygen atoms in total. The summed E-state index contributed by atoms with van der Waals surface area (Å²) in [7, 11) is 0. The number of carboxylic acids is 1. The molecule has 2 fully saturated rings.